The van der Waals surface area contributed by atoms with Crippen molar-refractivity contribution in [1.82, 2.24) is 15.1 Å². The fourth-order valence-corrected chi connectivity index (χ4v) is 4.91. The van der Waals surface area contributed by atoms with E-state index in [1.807, 2.05) is 44.2 Å². The molecule has 7 heteroatoms. The lowest BCUT2D eigenvalue weighted by Crippen LogP contribution is -2.65. The number of nitrogens with zero attached hydrogens (tertiary/aromatic N) is 3. The third-order valence-electron chi connectivity index (χ3n) is 6.71. The average Bonchev–Trinajstić information content (AvgIpc) is 3.46. The first-order valence-electron chi connectivity index (χ1n) is 11.3. The minimum Gasteiger partial charge on any atom is -0.463 e. The average molecular weight is 433 g/mol. The van der Waals surface area contributed by atoms with Crippen molar-refractivity contribution in [2.45, 2.75) is 64.1 Å². The van der Waals surface area contributed by atoms with Crippen LogP contribution in [0.25, 0.3) is 11.5 Å². The number of para-hydroxylation sites is 1. The van der Waals surface area contributed by atoms with E-state index < -0.39 is 5.54 Å². The number of carbonyl (C=O) groups is 2. The van der Waals surface area contributed by atoms with Gasteiger partial charge in [0.15, 0.2) is 5.76 Å². The smallest absolute Gasteiger partial charge is 0.277 e. The van der Waals surface area contributed by atoms with Crippen LogP contribution in [-0.4, -0.2) is 33.2 Å². The van der Waals surface area contributed by atoms with Gasteiger partial charge >= 0.3 is 0 Å². The van der Waals surface area contributed by atoms with Crippen molar-refractivity contribution >= 4 is 17.5 Å². The molecule has 166 valence electrons. The zero-order valence-corrected chi connectivity index (χ0v) is 18.5. The molecule has 2 aliphatic rings. The topological polar surface area (TPSA) is 80.4 Å². The summed E-state index contributed by atoms with van der Waals surface area (Å²) < 4.78 is 7.13. The summed E-state index contributed by atoms with van der Waals surface area (Å²) in [5.74, 6) is 0.217. The Labute approximate surface area is 187 Å². The molecule has 32 heavy (non-hydrogen) atoms. The fourth-order valence-electron chi connectivity index (χ4n) is 4.91. The summed E-state index contributed by atoms with van der Waals surface area (Å²) in [7, 11) is 0. The molecule has 2 amide bonds. The van der Waals surface area contributed by atoms with E-state index in [-0.39, 0.29) is 24.4 Å². The number of hydrogen-bond acceptors (Lipinski definition) is 4. The van der Waals surface area contributed by atoms with Crippen molar-refractivity contribution in [2.24, 2.45) is 0 Å². The lowest BCUT2D eigenvalue weighted by atomic mass is 9.90. The minimum absolute atomic E-state index is 0.137. The predicted octanol–water partition coefficient (Wildman–Crippen LogP) is 4.32. The molecule has 7 nitrogen and oxygen atoms in total. The van der Waals surface area contributed by atoms with Gasteiger partial charge in [-0.3, -0.25) is 19.2 Å². The molecule has 0 saturated heterocycles. The molecule has 2 aromatic heterocycles. The van der Waals surface area contributed by atoms with E-state index in [0.717, 1.165) is 36.9 Å². The number of amides is 2. The molecule has 0 bridgehead atoms. The molecule has 1 aliphatic heterocycles. The largest absolute Gasteiger partial charge is 0.463 e. The summed E-state index contributed by atoms with van der Waals surface area (Å²) in [6, 6.07) is 13.2. The number of rotatable bonds is 4. The molecule has 3 aromatic rings. The van der Waals surface area contributed by atoms with Gasteiger partial charge in [0.1, 0.15) is 16.9 Å². The van der Waals surface area contributed by atoms with E-state index in [9.17, 15) is 9.59 Å². The van der Waals surface area contributed by atoms with Crippen LogP contribution in [0.5, 0.6) is 0 Å². The van der Waals surface area contributed by atoms with Crippen molar-refractivity contribution in [2.75, 3.05) is 4.90 Å². The van der Waals surface area contributed by atoms with E-state index >= 15 is 0 Å². The van der Waals surface area contributed by atoms with E-state index in [0.29, 0.717) is 17.1 Å². The minimum atomic E-state index is -1.11. The maximum atomic E-state index is 13.8. The highest BCUT2D eigenvalue weighted by molar-refractivity contribution is 6.12. The Morgan fingerprint density at radius 2 is 1.94 bits per heavy atom. The van der Waals surface area contributed by atoms with Crippen LogP contribution < -0.4 is 10.2 Å². The number of hydrogen-bond donors (Lipinski definition) is 1. The van der Waals surface area contributed by atoms with Crippen LogP contribution in [0, 0.1) is 6.92 Å². The molecule has 0 spiro atoms. The highest BCUT2D eigenvalue weighted by Crippen LogP contribution is 2.36. The monoisotopic (exact) mass is 432 g/mol. The standard InChI is InChI=1S/C25H28N4O3/c1-17-9-6-7-12-20(17)29-23(30)21-15-19(22-13-8-14-32-22)27-28(21)16-25(29,2)24(31)26-18-10-4-3-5-11-18/h6-9,12-15,18H,3-5,10-11,16H2,1-2H3,(H,26,31)/t25-/m1/s1. The molecule has 5 rings (SSSR count). The number of anilines is 1. The van der Waals surface area contributed by atoms with E-state index in [2.05, 4.69) is 10.4 Å². The first-order valence-corrected chi connectivity index (χ1v) is 11.3. The molecular formula is C25H28N4O3. The normalized spacial score (nSPS) is 21.4. The maximum absolute atomic E-state index is 13.8. The van der Waals surface area contributed by atoms with Crippen LogP contribution in [0.4, 0.5) is 5.69 Å². The Bertz CT molecular complexity index is 1140. The third kappa shape index (κ3) is 3.42. The molecule has 1 atom stereocenters. The van der Waals surface area contributed by atoms with Crippen molar-refractivity contribution < 1.29 is 14.0 Å². The van der Waals surface area contributed by atoms with Crippen LogP contribution in [0.1, 0.15) is 55.1 Å². The summed E-state index contributed by atoms with van der Waals surface area (Å²) in [4.78, 5) is 29.2. The van der Waals surface area contributed by atoms with Crippen molar-refractivity contribution in [3.05, 3.63) is 60.0 Å². The van der Waals surface area contributed by atoms with Crippen molar-refractivity contribution in [3.63, 3.8) is 0 Å². The fraction of sp³-hybridized carbons (Fsp3) is 0.400. The van der Waals surface area contributed by atoms with E-state index in [4.69, 9.17) is 4.42 Å². The summed E-state index contributed by atoms with van der Waals surface area (Å²) in [5, 5.41) is 7.86. The van der Waals surface area contributed by atoms with Crippen molar-refractivity contribution in [3.8, 4) is 11.5 Å². The summed E-state index contributed by atoms with van der Waals surface area (Å²) in [6.07, 6.45) is 7.00. The van der Waals surface area contributed by atoms with Crippen LogP contribution in [0.3, 0.4) is 0 Å². The highest BCUT2D eigenvalue weighted by Gasteiger charge is 2.49. The number of fused-ring (bicyclic) bond motifs is 1. The Kier molecular flexibility index (Phi) is 5.12. The van der Waals surface area contributed by atoms with Gasteiger partial charge in [0.2, 0.25) is 5.91 Å². The first-order chi connectivity index (χ1) is 15.5. The number of benzene rings is 1. The van der Waals surface area contributed by atoms with Gasteiger partial charge in [-0.25, -0.2) is 0 Å². The maximum Gasteiger partial charge on any atom is 0.277 e. The number of aryl methyl sites for hydroxylation is 1. The first kappa shape index (κ1) is 20.5. The zero-order chi connectivity index (χ0) is 22.3. The Morgan fingerprint density at radius 3 is 2.66 bits per heavy atom. The molecule has 0 unspecified atom stereocenters. The quantitative estimate of drug-likeness (QED) is 0.666. The van der Waals surface area contributed by atoms with Gasteiger partial charge in [0, 0.05) is 17.8 Å². The molecule has 1 saturated carbocycles. The third-order valence-corrected chi connectivity index (χ3v) is 6.71. The van der Waals surface area contributed by atoms with Crippen LogP contribution >= 0.6 is 0 Å². The Morgan fingerprint density at radius 1 is 1.16 bits per heavy atom. The lowest BCUT2D eigenvalue weighted by Gasteiger charge is -2.44. The molecule has 1 aromatic carbocycles. The Balaban J connectivity index is 1.57. The van der Waals surface area contributed by atoms with E-state index in [1.54, 1.807) is 28.0 Å². The second-order valence-corrected chi connectivity index (χ2v) is 9.06. The van der Waals surface area contributed by atoms with Gasteiger partial charge in [0.05, 0.1) is 12.8 Å². The Hall–Kier alpha value is -3.35. The molecular weight excluding hydrogens is 404 g/mol. The molecule has 3 heterocycles. The van der Waals surface area contributed by atoms with Crippen LogP contribution in [0.2, 0.25) is 0 Å². The molecule has 1 N–H and O–H groups in total. The highest BCUT2D eigenvalue weighted by atomic mass is 16.3. The number of carbonyl (C=O) groups excluding carboxylic acids is 2. The van der Waals surface area contributed by atoms with Gasteiger partial charge in [-0.1, -0.05) is 37.5 Å². The van der Waals surface area contributed by atoms with Crippen LogP contribution in [-0.2, 0) is 11.3 Å². The van der Waals surface area contributed by atoms with Gasteiger partial charge in [-0.05, 0) is 50.5 Å². The SMILES string of the molecule is Cc1ccccc1N1C(=O)c2cc(-c3ccco3)nn2C[C@]1(C)C(=O)NC1CCCCC1. The van der Waals surface area contributed by atoms with Gasteiger partial charge in [-0.15, -0.1) is 0 Å². The summed E-state index contributed by atoms with van der Waals surface area (Å²) in [5.41, 5.74) is 1.60. The van der Waals surface area contributed by atoms with E-state index in [1.165, 1.54) is 6.42 Å². The molecule has 0 radical (unpaired) electrons. The second-order valence-electron chi connectivity index (χ2n) is 9.06. The van der Waals surface area contributed by atoms with Gasteiger partial charge in [-0.2, -0.15) is 5.10 Å². The predicted molar refractivity (Wildman–Crippen MR) is 121 cm³/mol. The lowest BCUT2D eigenvalue weighted by molar-refractivity contribution is -0.127. The molecule has 1 fully saturated rings. The van der Waals surface area contributed by atoms with Crippen LogP contribution in [0.15, 0.2) is 53.1 Å². The molecule has 1 aliphatic carbocycles. The number of furan rings is 1. The zero-order valence-electron chi connectivity index (χ0n) is 18.5. The number of nitrogens with one attached hydrogen (secondary N) is 1. The van der Waals surface area contributed by atoms with Gasteiger partial charge < -0.3 is 9.73 Å². The summed E-state index contributed by atoms with van der Waals surface area (Å²) >= 11 is 0. The van der Waals surface area contributed by atoms with Gasteiger partial charge in [0.25, 0.3) is 5.91 Å². The summed E-state index contributed by atoms with van der Waals surface area (Å²) in [6.45, 7) is 4.07. The number of aromatic nitrogens is 2. The second kappa shape index (κ2) is 7.97. The van der Waals surface area contributed by atoms with Crippen molar-refractivity contribution in [1.29, 1.82) is 0 Å².